The van der Waals surface area contributed by atoms with Gasteiger partial charge in [-0.15, -0.1) is 11.3 Å². The van der Waals surface area contributed by atoms with E-state index in [4.69, 9.17) is 0 Å². The first kappa shape index (κ1) is 11.2. The lowest BCUT2D eigenvalue weighted by Gasteiger charge is -2.01. The molecule has 0 aliphatic heterocycles. The van der Waals surface area contributed by atoms with Gasteiger partial charge in [-0.2, -0.15) is 0 Å². The monoisotopic (exact) mass is 234 g/mol. The molecule has 1 N–H and O–H groups in total. The Morgan fingerprint density at radius 2 is 2.31 bits per heavy atom. The van der Waals surface area contributed by atoms with Crippen molar-refractivity contribution in [2.45, 2.75) is 19.9 Å². The maximum atomic E-state index is 4.41. The molecular weight excluding hydrogens is 220 g/mol. The van der Waals surface area contributed by atoms with E-state index < -0.39 is 0 Å². The van der Waals surface area contributed by atoms with Crippen LogP contribution < -0.4 is 5.32 Å². The van der Waals surface area contributed by atoms with Crippen LogP contribution in [-0.4, -0.2) is 21.5 Å². The van der Waals surface area contributed by atoms with E-state index in [0.717, 1.165) is 30.9 Å². The molecule has 5 heteroatoms. The number of nitrogens with zero attached hydrogens (tertiary/aromatic N) is 3. The molecule has 0 aliphatic carbocycles. The number of hydrogen-bond acceptors (Lipinski definition) is 5. The van der Waals surface area contributed by atoms with Crippen molar-refractivity contribution in [3.8, 4) is 0 Å². The Balaban J connectivity index is 1.69. The minimum absolute atomic E-state index is 0.762. The summed E-state index contributed by atoms with van der Waals surface area (Å²) in [6.07, 6.45) is 6.14. The molecule has 0 fully saturated rings. The highest BCUT2D eigenvalue weighted by Gasteiger charge is 1.98. The van der Waals surface area contributed by atoms with Crippen LogP contribution in [0.2, 0.25) is 0 Å². The van der Waals surface area contributed by atoms with E-state index in [9.17, 15) is 0 Å². The number of thiazole rings is 1. The molecule has 2 heterocycles. The van der Waals surface area contributed by atoms with Crippen LogP contribution in [0.3, 0.4) is 0 Å². The van der Waals surface area contributed by atoms with Crippen molar-refractivity contribution in [1.29, 1.82) is 0 Å². The molecule has 16 heavy (non-hydrogen) atoms. The highest BCUT2D eigenvalue weighted by molar-refractivity contribution is 7.09. The fourth-order valence-corrected chi connectivity index (χ4v) is 2.13. The minimum Gasteiger partial charge on any atom is -0.311 e. The smallest absolute Gasteiger partial charge is 0.0940 e. The maximum absolute atomic E-state index is 4.41. The van der Waals surface area contributed by atoms with Gasteiger partial charge in [0.25, 0.3) is 0 Å². The van der Waals surface area contributed by atoms with Gasteiger partial charge in [0.1, 0.15) is 0 Å². The first-order valence-corrected chi connectivity index (χ1v) is 6.09. The SMILES string of the molecule is Cc1csc(CCNCc2cnccn2)n1. The second-order valence-electron chi connectivity index (χ2n) is 3.51. The Bertz CT molecular complexity index is 427. The third kappa shape index (κ3) is 3.36. The summed E-state index contributed by atoms with van der Waals surface area (Å²) in [4.78, 5) is 12.6. The predicted octanol–water partition coefficient (Wildman–Crippen LogP) is 1.57. The molecule has 0 radical (unpaired) electrons. The van der Waals surface area contributed by atoms with Gasteiger partial charge in [0.05, 0.1) is 10.7 Å². The van der Waals surface area contributed by atoms with Crippen molar-refractivity contribution in [2.75, 3.05) is 6.54 Å². The zero-order valence-electron chi connectivity index (χ0n) is 9.18. The Morgan fingerprint density at radius 3 is 3.00 bits per heavy atom. The standard InChI is InChI=1S/C11H14N4S/c1-9-8-16-11(15-9)2-3-12-6-10-7-13-4-5-14-10/h4-5,7-8,12H,2-3,6H2,1H3. The minimum atomic E-state index is 0.762. The lowest BCUT2D eigenvalue weighted by atomic mass is 10.4. The highest BCUT2D eigenvalue weighted by atomic mass is 32.1. The summed E-state index contributed by atoms with van der Waals surface area (Å²) < 4.78 is 0. The van der Waals surface area contributed by atoms with Gasteiger partial charge < -0.3 is 5.32 Å². The maximum Gasteiger partial charge on any atom is 0.0940 e. The van der Waals surface area contributed by atoms with Crippen LogP contribution in [0, 0.1) is 6.92 Å². The topological polar surface area (TPSA) is 50.7 Å². The third-order valence-electron chi connectivity index (χ3n) is 2.10. The van der Waals surface area contributed by atoms with Crippen molar-refractivity contribution < 1.29 is 0 Å². The number of hydrogen-bond donors (Lipinski definition) is 1. The predicted molar refractivity (Wildman–Crippen MR) is 64.3 cm³/mol. The molecule has 0 spiro atoms. The summed E-state index contributed by atoms with van der Waals surface area (Å²) in [5.41, 5.74) is 2.08. The molecule has 2 aromatic rings. The molecule has 2 aromatic heterocycles. The quantitative estimate of drug-likeness (QED) is 0.798. The van der Waals surface area contributed by atoms with Crippen LogP contribution in [0.15, 0.2) is 24.0 Å². The van der Waals surface area contributed by atoms with E-state index in [1.807, 2.05) is 6.92 Å². The third-order valence-corrected chi connectivity index (χ3v) is 3.13. The molecule has 0 amide bonds. The van der Waals surface area contributed by atoms with Crippen molar-refractivity contribution >= 4 is 11.3 Å². The molecular formula is C11H14N4S. The Kier molecular flexibility index (Phi) is 3.96. The van der Waals surface area contributed by atoms with E-state index >= 15 is 0 Å². The van der Waals surface area contributed by atoms with Gasteiger partial charge in [0.15, 0.2) is 0 Å². The Morgan fingerprint density at radius 1 is 1.38 bits per heavy atom. The van der Waals surface area contributed by atoms with Crippen LogP contribution in [0.5, 0.6) is 0 Å². The Hall–Kier alpha value is -1.33. The van der Waals surface area contributed by atoms with Crippen molar-refractivity contribution in [1.82, 2.24) is 20.3 Å². The van der Waals surface area contributed by atoms with Gasteiger partial charge in [0.2, 0.25) is 0 Å². The lowest BCUT2D eigenvalue weighted by Crippen LogP contribution is -2.17. The van der Waals surface area contributed by atoms with Gasteiger partial charge in [-0.25, -0.2) is 4.98 Å². The second-order valence-corrected chi connectivity index (χ2v) is 4.45. The molecule has 0 saturated carbocycles. The normalized spacial score (nSPS) is 10.6. The summed E-state index contributed by atoms with van der Waals surface area (Å²) in [6, 6.07) is 0. The van der Waals surface area contributed by atoms with E-state index in [0.29, 0.717) is 0 Å². The molecule has 0 bridgehead atoms. The molecule has 0 unspecified atom stereocenters. The van der Waals surface area contributed by atoms with Gasteiger partial charge >= 0.3 is 0 Å². The molecule has 0 aromatic carbocycles. The Labute approximate surface area is 98.8 Å². The molecule has 4 nitrogen and oxygen atoms in total. The van der Waals surface area contributed by atoms with Crippen LogP contribution in [-0.2, 0) is 13.0 Å². The van der Waals surface area contributed by atoms with E-state index in [1.165, 1.54) is 5.01 Å². The summed E-state index contributed by atoms with van der Waals surface area (Å²) >= 11 is 1.72. The van der Waals surface area contributed by atoms with Crippen LogP contribution in [0.25, 0.3) is 0 Å². The van der Waals surface area contributed by atoms with Gasteiger partial charge in [0, 0.05) is 49.2 Å². The first-order chi connectivity index (χ1) is 7.84. The fraction of sp³-hybridized carbons (Fsp3) is 0.364. The first-order valence-electron chi connectivity index (χ1n) is 5.21. The number of rotatable bonds is 5. The van der Waals surface area contributed by atoms with Crippen molar-refractivity contribution in [3.05, 3.63) is 40.4 Å². The largest absolute Gasteiger partial charge is 0.311 e. The second kappa shape index (κ2) is 5.67. The fourth-order valence-electron chi connectivity index (χ4n) is 1.35. The molecule has 0 aliphatic rings. The summed E-state index contributed by atoms with van der Waals surface area (Å²) in [6.45, 7) is 3.70. The van der Waals surface area contributed by atoms with Crippen LogP contribution in [0.1, 0.15) is 16.4 Å². The summed E-state index contributed by atoms with van der Waals surface area (Å²) in [5.74, 6) is 0. The zero-order chi connectivity index (χ0) is 11.2. The van der Waals surface area contributed by atoms with Gasteiger partial charge in [-0.05, 0) is 6.92 Å². The van der Waals surface area contributed by atoms with E-state index in [-0.39, 0.29) is 0 Å². The van der Waals surface area contributed by atoms with Gasteiger partial charge in [-0.1, -0.05) is 0 Å². The molecule has 84 valence electrons. The zero-order valence-corrected chi connectivity index (χ0v) is 10.00. The van der Waals surface area contributed by atoms with Gasteiger partial charge in [-0.3, -0.25) is 9.97 Å². The number of nitrogens with one attached hydrogen (secondary N) is 1. The van der Waals surface area contributed by atoms with Crippen LogP contribution in [0.4, 0.5) is 0 Å². The van der Waals surface area contributed by atoms with Crippen molar-refractivity contribution in [2.24, 2.45) is 0 Å². The van der Waals surface area contributed by atoms with Crippen LogP contribution >= 0.6 is 11.3 Å². The average molecular weight is 234 g/mol. The highest BCUT2D eigenvalue weighted by Crippen LogP contribution is 2.08. The molecule has 2 rings (SSSR count). The van der Waals surface area contributed by atoms with Crippen molar-refractivity contribution in [3.63, 3.8) is 0 Å². The van der Waals surface area contributed by atoms with E-state index in [2.05, 4.69) is 25.6 Å². The lowest BCUT2D eigenvalue weighted by molar-refractivity contribution is 0.670. The summed E-state index contributed by atoms with van der Waals surface area (Å²) in [5, 5.41) is 6.59. The average Bonchev–Trinajstić information content (AvgIpc) is 2.72. The number of aromatic nitrogens is 3. The molecule has 0 atom stereocenters. The summed E-state index contributed by atoms with van der Waals surface area (Å²) in [7, 11) is 0. The number of aryl methyl sites for hydroxylation is 1. The molecule has 0 saturated heterocycles. The van der Waals surface area contributed by atoms with E-state index in [1.54, 1.807) is 29.9 Å².